The number of rotatable bonds is 6. The van der Waals surface area contributed by atoms with Crippen LogP contribution in [0.4, 0.5) is 5.69 Å². The molecule has 0 amide bonds. The summed E-state index contributed by atoms with van der Waals surface area (Å²) in [6, 6.07) is 17.1. The van der Waals surface area contributed by atoms with Gasteiger partial charge in [-0.05, 0) is 48.4 Å². The van der Waals surface area contributed by atoms with Gasteiger partial charge >= 0.3 is 0 Å². The van der Waals surface area contributed by atoms with E-state index in [1.54, 1.807) is 12.1 Å². The third-order valence-corrected chi connectivity index (χ3v) is 5.09. The molecule has 0 saturated carbocycles. The average Bonchev–Trinajstić information content (AvgIpc) is 2.62. The maximum atomic E-state index is 6.38. The molecular formula is C21H17Cl4NO. The molecule has 0 fully saturated rings. The highest BCUT2D eigenvalue weighted by Gasteiger charge is 2.11. The number of aryl methyl sites for hydroxylation is 1. The summed E-state index contributed by atoms with van der Waals surface area (Å²) in [5.41, 5.74) is 3.95. The zero-order valence-corrected chi connectivity index (χ0v) is 17.6. The molecule has 0 saturated heterocycles. The summed E-state index contributed by atoms with van der Waals surface area (Å²) >= 11 is 24.8. The van der Waals surface area contributed by atoms with E-state index < -0.39 is 0 Å². The van der Waals surface area contributed by atoms with E-state index in [1.165, 1.54) is 5.56 Å². The molecule has 0 heterocycles. The van der Waals surface area contributed by atoms with Crippen molar-refractivity contribution in [3.63, 3.8) is 0 Å². The van der Waals surface area contributed by atoms with Crippen molar-refractivity contribution in [1.29, 1.82) is 0 Å². The fourth-order valence-corrected chi connectivity index (χ4v) is 3.64. The summed E-state index contributed by atoms with van der Waals surface area (Å²) in [6.07, 6.45) is 0. The molecule has 140 valence electrons. The maximum Gasteiger partial charge on any atom is 0.156 e. The van der Waals surface area contributed by atoms with Gasteiger partial charge in [0.2, 0.25) is 0 Å². The molecule has 6 heteroatoms. The quantitative estimate of drug-likeness (QED) is 0.422. The normalized spacial score (nSPS) is 10.7. The predicted octanol–water partition coefficient (Wildman–Crippen LogP) is 7.80. The van der Waals surface area contributed by atoms with E-state index in [9.17, 15) is 0 Å². The first kappa shape index (κ1) is 20.2. The van der Waals surface area contributed by atoms with Gasteiger partial charge in [-0.15, -0.1) is 0 Å². The van der Waals surface area contributed by atoms with Gasteiger partial charge in [-0.2, -0.15) is 0 Å². The Balaban J connectivity index is 1.67. The zero-order chi connectivity index (χ0) is 19.4. The third kappa shape index (κ3) is 5.46. The fourth-order valence-electron chi connectivity index (χ4n) is 2.52. The number of benzene rings is 3. The Morgan fingerprint density at radius 2 is 1.44 bits per heavy atom. The highest BCUT2D eigenvalue weighted by Crippen LogP contribution is 2.35. The summed E-state index contributed by atoms with van der Waals surface area (Å²) in [7, 11) is 0. The fraction of sp³-hybridized carbons (Fsp3) is 0.143. The zero-order valence-electron chi connectivity index (χ0n) is 14.5. The molecule has 0 aliphatic heterocycles. The summed E-state index contributed by atoms with van der Waals surface area (Å²) < 4.78 is 5.82. The van der Waals surface area contributed by atoms with Crippen molar-refractivity contribution in [3.8, 4) is 5.75 Å². The van der Waals surface area contributed by atoms with Crippen molar-refractivity contribution in [3.05, 3.63) is 91.4 Å². The third-order valence-electron chi connectivity index (χ3n) is 3.98. The van der Waals surface area contributed by atoms with Crippen molar-refractivity contribution < 1.29 is 4.74 Å². The largest absolute Gasteiger partial charge is 0.486 e. The average molecular weight is 441 g/mol. The number of ether oxygens (including phenoxy) is 1. The molecule has 0 aliphatic carbocycles. The van der Waals surface area contributed by atoms with Crippen LogP contribution in [0, 0.1) is 6.92 Å². The Kier molecular flexibility index (Phi) is 6.78. The lowest BCUT2D eigenvalue weighted by molar-refractivity contribution is 0.306. The summed E-state index contributed by atoms with van der Waals surface area (Å²) in [6.45, 7) is 2.96. The molecule has 3 aromatic carbocycles. The maximum absolute atomic E-state index is 6.38. The molecule has 0 spiro atoms. The molecular weight excluding hydrogens is 424 g/mol. The SMILES string of the molecule is Cc1ccc(COc2c(Cl)cc(CNc3ccc(Cl)cc3Cl)cc2Cl)cc1. The van der Waals surface area contributed by atoms with Crippen LogP contribution in [0.3, 0.4) is 0 Å². The van der Waals surface area contributed by atoms with Gasteiger partial charge < -0.3 is 10.1 Å². The molecule has 1 N–H and O–H groups in total. The Bertz CT molecular complexity index is 918. The van der Waals surface area contributed by atoms with Gasteiger partial charge in [0.15, 0.2) is 5.75 Å². The van der Waals surface area contributed by atoms with Crippen molar-refractivity contribution in [1.82, 2.24) is 0 Å². The van der Waals surface area contributed by atoms with Gasteiger partial charge in [0.1, 0.15) is 6.61 Å². The van der Waals surface area contributed by atoms with E-state index in [0.717, 1.165) is 16.8 Å². The van der Waals surface area contributed by atoms with Gasteiger partial charge in [-0.3, -0.25) is 0 Å². The first-order valence-electron chi connectivity index (χ1n) is 8.27. The Hall–Kier alpha value is -1.58. The van der Waals surface area contributed by atoms with Crippen LogP contribution in [-0.2, 0) is 13.2 Å². The lowest BCUT2D eigenvalue weighted by Crippen LogP contribution is -2.02. The molecule has 0 aliphatic rings. The molecule has 3 rings (SSSR count). The van der Waals surface area contributed by atoms with Crippen molar-refractivity contribution in [2.75, 3.05) is 5.32 Å². The van der Waals surface area contributed by atoms with E-state index in [4.69, 9.17) is 51.1 Å². The number of nitrogens with one attached hydrogen (secondary N) is 1. The minimum Gasteiger partial charge on any atom is -0.486 e. The van der Waals surface area contributed by atoms with Crippen LogP contribution >= 0.6 is 46.4 Å². The number of halogens is 4. The lowest BCUT2D eigenvalue weighted by atomic mass is 10.1. The van der Waals surface area contributed by atoms with Crippen LogP contribution in [0.2, 0.25) is 20.1 Å². The van der Waals surface area contributed by atoms with E-state index in [1.807, 2.05) is 49.4 Å². The first-order valence-corrected chi connectivity index (χ1v) is 9.79. The monoisotopic (exact) mass is 439 g/mol. The predicted molar refractivity (Wildman–Crippen MR) is 116 cm³/mol. The van der Waals surface area contributed by atoms with Gasteiger partial charge in [0.25, 0.3) is 0 Å². The van der Waals surface area contributed by atoms with E-state index in [2.05, 4.69) is 5.32 Å². The molecule has 27 heavy (non-hydrogen) atoms. The molecule has 0 radical (unpaired) electrons. The van der Waals surface area contributed by atoms with Crippen molar-refractivity contribution in [2.45, 2.75) is 20.1 Å². The molecule has 0 aromatic heterocycles. The summed E-state index contributed by atoms with van der Waals surface area (Å²) in [4.78, 5) is 0. The van der Waals surface area contributed by atoms with Crippen molar-refractivity contribution in [2.24, 2.45) is 0 Å². The van der Waals surface area contributed by atoms with E-state index >= 15 is 0 Å². The Morgan fingerprint density at radius 3 is 2.07 bits per heavy atom. The second kappa shape index (κ2) is 9.07. The van der Waals surface area contributed by atoms with Crippen LogP contribution in [0.5, 0.6) is 5.75 Å². The van der Waals surface area contributed by atoms with Crippen molar-refractivity contribution >= 4 is 52.1 Å². The highest BCUT2D eigenvalue weighted by atomic mass is 35.5. The summed E-state index contributed by atoms with van der Waals surface area (Å²) in [5.74, 6) is 0.479. The van der Waals surface area contributed by atoms with E-state index in [-0.39, 0.29) is 0 Å². The van der Waals surface area contributed by atoms with Gasteiger partial charge in [0, 0.05) is 11.6 Å². The minimum atomic E-state index is 0.400. The lowest BCUT2D eigenvalue weighted by Gasteiger charge is -2.13. The first-order chi connectivity index (χ1) is 12.9. The molecule has 3 aromatic rings. The van der Waals surface area contributed by atoms with Crippen LogP contribution in [0.1, 0.15) is 16.7 Å². The van der Waals surface area contributed by atoms with Crippen LogP contribution in [0.25, 0.3) is 0 Å². The van der Waals surface area contributed by atoms with Crippen LogP contribution < -0.4 is 10.1 Å². The van der Waals surface area contributed by atoms with Gasteiger partial charge in [-0.1, -0.05) is 76.2 Å². The second-order valence-electron chi connectivity index (χ2n) is 6.14. The summed E-state index contributed by atoms with van der Waals surface area (Å²) in [5, 5.41) is 5.32. The highest BCUT2D eigenvalue weighted by molar-refractivity contribution is 6.37. The molecule has 0 bridgehead atoms. The molecule has 2 nitrogen and oxygen atoms in total. The second-order valence-corrected chi connectivity index (χ2v) is 7.80. The standard InChI is InChI=1S/C21H17Cl4NO/c1-13-2-4-14(5-3-13)12-27-21-18(24)8-15(9-19(21)25)11-26-20-7-6-16(22)10-17(20)23/h2-10,26H,11-12H2,1H3. The van der Waals surface area contributed by atoms with Gasteiger partial charge in [-0.25, -0.2) is 0 Å². The Morgan fingerprint density at radius 1 is 0.778 bits per heavy atom. The Labute approximate surface area is 179 Å². The molecule has 0 unspecified atom stereocenters. The van der Waals surface area contributed by atoms with Crippen LogP contribution in [-0.4, -0.2) is 0 Å². The van der Waals surface area contributed by atoms with Crippen LogP contribution in [0.15, 0.2) is 54.6 Å². The topological polar surface area (TPSA) is 21.3 Å². The number of hydrogen-bond donors (Lipinski definition) is 1. The van der Waals surface area contributed by atoms with Gasteiger partial charge in [0.05, 0.1) is 20.8 Å². The molecule has 0 atom stereocenters. The number of anilines is 1. The minimum absolute atomic E-state index is 0.400. The smallest absolute Gasteiger partial charge is 0.156 e. The number of hydrogen-bond acceptors (Lipinski definition) is 2. The van der Waals surface area contributed by atoms with E-state index in [0.29, 0.717) is 39.0 Å².